The Morgan fingerprint density at radius 3 is 2.57 bits per heavy atom. The highest BCUT2D eigenvalue weighted by atomic mass is 19.4. The summed E-state index contributed by atoms with van der Waals surface area (Å²) < 4.78 is 42.9. The van der Waals surface area contributed by atoms with Crippen LogP contribution in [-0.2, 0) is 6.42 Å². The van der Waals surface area contributed by atoms with Crippen LogP contribution in [0.3, 0.4) is 0 Å². The van der Waals surface area contributed by atoms with Gasteiger partial charge in [-0.15, -0.1) is 13.2 Å². The molecule has 0 radical (unpaired) electrons. The number of rotatable bonds is 5. The van der Waals surface area contributed by atoms with Crippen molar-refractivity contribution >= 4 is 10.9 Å². The maximum absolute atomic E-state index is 12.3. The number of hydrogen-bond acceptors (Lipinski definition) is 2. The average Bonchev–Trinajstić information content (AvgIpc) is 3.30. The molecular formula is C21H18F3N3O. The van der Waals surface area contributed by atoms with Crippen LogP contribution in [0.2, 0.25) is 0 Å². The van der Waals surface area contributed by atoms with E-state index < -0.39 is 6.36 Å². The first-order valence-electron chi connectivity index (χ1n) is 8.85. The van der Waals surface area contributed by atoms with E-state index in [9.17, 15) is 13.2 Å². The number of hydrogen-bond donors (Lipinski definition) is 1. The van der Waals surface area contributed by atoms with E-state index in [0.717, 1.165) is 34.1 Å². The monoisotopic (exact) mass is 385 g/mol. The Kier molecular flexibility index (Phi) is 4.58. The number of nitrogens with zero attached hydrogens (tertiary/aromatic N) is 2. The number of alkyl halides is 3. The van der Waals surface area contributed by atoms with E-state index in [1.54, 1.807) is 18.3 Å². The molecule has 1 N–H and O–H groups in total. The van der Waals surface area contributed by atoms with Crippen LogP contribution in [0.5, 0.6) is 5.75 Å². The Balaban J connectivity index is 1.62. The Morgan fingerprint density at radius 2 is 1.89 bits per heavy atom. The smallest absolute Gasteiger partial charge is 0.406 e. The molecule has 0 saturated carbocycles. The molecule has 0 bridgehead atoms. The molecule has 2 heterocycles. The zero-order valence-corrected chi connectivity index (χ0v) is 15.1. The van der Waals surface area contributed by atoms with Gasteiger partial charge in [0, 0.05) is 35.5 Å². The van der Waals surface area contributed by atoms with E-state index >= 15 is 0 Å². The molecule has 28 heavy (non-hydrogen) atoms. The quantitative estimate of drug-likeness (QED) is 0.476. The maximum atomic E-state index is 12.3. The molecule has 144 valence electrons. The second kappa shape index (κ2) is 7.07. The van der Waals surface area contributed by atoms with E-state index in [2.05, 4.69) is 27.8 Å². The number of halogens is 3. The van der Waals surface area contributed by atoms with Crippen LogP contribution in [0.25, 0.3) is 22.0 Å². The minimum atomic E-state index is -4.69. The number of benzene rings is 2. The Bertz CT molecular complexity index is 1070. The number of fused-ring (bicyclic) bond motifs is 1. The van der Waals surface area contributed by atoms with Crippen molar-refractivity contribution in [2.45, 2.75) is 25.7 Å². The van der Waals surface area contributed by atoms with Crippen LogP contribution in [-0.4, -0.2) is 21.1 Å². The lowest BCUT2D eigenvalue weighted by atomic mass is 10.0. The molecule has 2 aromatic carbocycles. The van der Waals surface area contributed by atoms with Crippen molar-refractivity contribution in [3.05, 3.63) is 72.7 Å². The van der Waals surface area contributed by atoms with Crippen LogP contribution in [0, 0.1) is 0 Å². The zero-order valence-electron chi connectivity index (χ0n) is 15.1. The first-order chi connectivity index (χ1) is 13.4. The van der Waals surface area contributed by atoms with Gasteiger partial charge in [0.2, 0.25) is 0 Å². The summed E-state index contributed by atoms with van der Waals surface area (Å²) in [5.74, 6) is -0.233. The molecule has 0 fully saturated rings. The van der Waals surface area contributed by atoms with Crippen LogP contribution in [0.4, 0.5) is 13.2 Å². The van der Waals surface area contributed by atoms with Crippen LogP contribution < -0.4 is 4.74 Å². The predicted molar refractivity (Wildman–Crippen MR) is 101 cm³/mol. The van der Waals surface area contributed by atoms with E-state index in [0.29, 0.717) is 0 Å². The summed E-state index contributed by atoms with van der Waals surface area (Å²) in [6.07, 6.45) is -0.218. The molecule has 7 heteroatoms. The Morgan fingerprint density at radius 1 is 1.11 bits per heavy atom. The summed E-state index contributed by atoms with van der Waals surface area (Å²) >= 11 is 0. The summed E-state index contributed by atoms with van der Waals surface area (Å²) in [6, 6.07) is 16.0. The Hall–Kier alpha value is -3.22. The molecule has 0 aliphatic rings. The lowest BCUT2D eigenvalue weighted by molar-refractivity contribution is -0.274. The molecule has 4 aromatic rings. The van der Waals surface area contributed by atoms with Crippen LogP contribution in [0.1, 0.15) is 18.7 Å². The highest BCUT2D eigenvalue weighted by Gasteiger charge is 2.31. The van der Waals surface area contributed by atoms with E-state index in [4.69, 9.17) is 0 Å². The summed E-state index contributed by atoms with van der Waals surface area (Å²) in [5.41, 5.74) is 3.76. The van der Waals surface area contributed by atoms with Gasteiger partial charge in [0.1, 0.15) is 5.75 Å². The molecular weight excluding hydrogens is 367 g/mol. The van der Waals surface area contributed by atoms with E-state index in [1.165, 1.54) is 12.1 Å². The second-order valence-electron chi connectivity index (χ2n) is 6.68. The predicted octanol–water partition coefficient (Wildman–Crippen LogP) is 5.73. The van der Waals surface area contributed by atoms with Gasteiger partial charge in [0.15, 0.2) is 0 Å². The van der Waals surface area contributed by atoms with Crippen molar-refractivity contribution in [2.75, 3.05) is 0 Å². The number of H-pyrrole nitrogens is 1. The first kappa shape index (κ1) is 18.2. The summed E-state index contributed by atoms with van der Waals surface area (Å²) in [7, 11) is 0. The van der Waals surface area contributed by atoms with Gasteiger partial charge >= 0.3 is 6.36 Å². The lowest BCUT2D eigenvalue weighted by Crippen LogP contribution is -2.16. The van der Waals surface area contributed by atoms with Gasteiger partial charge in [-0.2, -0.15) is 5.10 Å². The molecule has 0 amide bonds. The number of ether oxygens (including phenoxy) is 1. The van der Waals surface area contributed by atoms with Crippen molar-refractivity contribution in [1.82, 2.24) is 14.8 Å². The summed E-state index contributed by atoms with van der Waals surface area (Å²) in [6.45, 7) is 2.10. The topological polar surface area (TPSA) is 42.8 Å². The second-order valence-corrected chi connectivity index (χ2v) is 6.68. The third kappa shape index (κ3) is 3.88. The highest BCUT2D eigenvalue weighted by Crippen LogP contribution is 2.31. The highest BCUT2D eigenvalue weighted by molar-refractivity contribution is 5.94. The molecule has 1 unspecified atom stereocenters. The third-order valence-electron chi connectivity index (χ3n) is 4.60. The lowest BCUT2D eigenvalue weighted by Gasteiger charge is -2.11. The summed E-state index contributed by atoms with van der Waals surface area (Å²) in [4.78, 5) is 3.46. The third-order valence-corrected chi connectivity index (χ3v) is 4.60. The minimum absolute atomic E-state index is 0.199. The van der Waals surface area contributed by atoms with Crippen LogP contribution >= 0.6 is 0 Å². The largest absolute Gasteiger partial charge is 0.573 e. The normalized spacial score (nSPS) is 13.0. The molecule has 4 rings (SSSR count). The van der Waals surface area contributed by atoms with Gasteiger partial charge in [-0.25, -0.2) is 0 Å². The van der Waals surface area contributed by atoms with Gasteiger partial charge in [0.05, 0.1) is 11.6 Å². The zero-order chi connectivity index (χ0) is 19.7. The van der Waals surface area contributed by atoms with Gasteiger partial charge in [-0.05, 0) is 36.8 Å². The maximum Gasteiger partial charge on any atom is 0.573 e. The first-order valence-corrected chi connectivity index (χ1v) is 8.85. The molecule has 0 aliphatic carbocycles. The van der Waals surface area contributed by atoms with Gasteiger partial charge in [-0.3, -0.25) is 4.68 Å². The van der Waals surface area contributed by atoms with E-state index in [1.807, 2.05) is 35.1 Å². The van der Waals surface area contributed by atoms with Crippen molar-refractivity contribution in [2.24, 2.45) is 0 Å². The Labute approximate surface area is 159 Å². The van der Waals surface area contributed by atoms with Crippen molar-refractivity contribution in [3.8, 4) is 16.9 Å². The number of aromatic nitrogens is 3. The van der Waals surface area contributed by atoms with Crippen LogP contribution in [0.15, 0.2) is 67.0 Å². The summed E-state index contributed by atoms with van der Waals surface area (Å²) in [5, 5.41) is 5.33. The SMILES string of the molecule is CC(Cc1cc2cccc(-c3ccc(OC(F)(F)F)cc3)c2[nH]1)n1cccn1. The van der Waals surface area contributed by atoms with Gasteiger partial charge in [-0.1, -0.05) is 30.3 Å². The molecule has 0 spiro atoms. The van der Waals surface area contributed by atoms with Gasteiger partial charge < -0.3 is 9.72 Å². The fraction of sp³-hybridized carbons (Fsp3) is 0.190. The van der Waals surface area contributed by atoms with E-state index in [-0.39, 0.29) is 11.8 Å². The van der Waals surface area contributed by atoms with Crippen molar-refractivity contribution in [3.63, 3.8) is 0 Å². The van der Waals surface area contributed by atoms with Crippen molar-refractivity contribution < 1.29 is 17.9 Å². The number of aromatic amines is 1. The number of nitrogens with one attached hydrogen (secondary N) is 1. The molecule has 4 nitrogen and oxygen atoms in total. The number of para-hydroxylation sites is 1. The molecule has 0 aliphatic heterocycles. The molecule has 0 saturated heterocycles. The molecule has 1 atom stereocenters. The van der Waals surface area contributed by atoms with Crippen molar-refractivity contribution in [1.29, 1.82) is 0 Å². The minimum Gasteiger partial charge on any atom is -0.406 e. The molecule has 2 aromatic heterocycles. The average molecular weight is 385 g/mol. The fourth-order valence-electron chi connectivity index (χ4n) is 3.35. The van der Waals surface area contributed by atoms with Gasteiger partial charge in [0.25, 0.3) is 0 Å². The fourth-order valence-corrected chi connectivity index (χ4v) is 3.35. The standard InChI is InChI=1S/C21H18F3N3O/c1-14(27-11-3-10-25-27)12-17-13-16-4-2-5-19(20(16)26-17)15-6-8-18(9-7-15)28-21(22,23)24/h2-11,13-14,26H,12H2,1H3.